The van der Waals surface area contributed by atoms with Crippen LogP contribution >= 0.6 is 7.82 Å². The quantitative estimate of drug-likeness (QED) is 0.0195. The van der Waals surface area contributed by atoms with Crippen LogP contribution < -0.4 is 4.89 Å². The topological polar surface area (TPSA) is 111 Å². The smallest absolute Gasteiger partial charge is 0.306 e. The maximum absolute atomic E-state index is 12.8. The van der Waals surface area contributed by atoms with E-state index >= 15 is 0 Å². The van der Waals surface area contributed by atoms with Gasteiger partial charge in [-0.25, -0.2) is 0 Å². The molecule has 0 amide bonds. The Kier molecular flexibility index (Phi) is 66.7. The van der Waals surface area contributed by atoms with E-state index in [0.29, 0.717) is 17.4 Å². The highest BCUT2D eigenvalue weighted by Crippen LogP contribution is 2.38. The normalized spacial score (nSPS) is 14.2. The molecule has 10 heteroatoms. The lowest BCUT2D eigenvalue weighted by atomic mass is 10.0. The van der Waals surface area contributed by atoms with Gasteiger partial charge >= 0.3 is 11.9 Å². The number of hydrogen-bond donors (Lipinski definition) is 0. The number of carbonyl (C=O) groups is 2. The van der Waals surface area contributed by atoms with Crippen LogP contribution in [-0.2, 0) is 32.7 Å². The van der Waals surface area contributed by atoms with Crippen LogP contribution in [-0.4, -0.2) is 70.0 Å². The average molecular weight is 1290 g/mol. The van der Waals surface area contributed by atoms with Gasteiger partial charge in [-0.05, 0) is 135 Å². The molecule has 0 heterocycles. The molecule has 0 saturated carbocycles. The number of hydrogen-bond acceptors (Lipinski definition) is 8. The fourth-order valence-corrected chi connectivity index (χ4v) is 10.1. The second-order valence-corrected chi connectivity index (χ2v) is 26.2. The van der Waals surface area contributed by atoms with Crippen molar-refractivity contribution < 1.29 is 42.1 Å². The number of likely N-dealkylation sites (N-methyl/N-ethyl adjacent to an activating group) is 1. The van der Waals surface area contributed by atoms with Crippen LogP contribution in [0.4, 0.5) is 0 Å². The molecule has 0 saturated heterocycles. The highest BCUT2D eigenvalue weighted by Gasteiger charge is 2.22. The number of allylic oxidation sites excluding steroid dienone is 30. The number of esters is 2. The molecule has 520 valence electrons. The number of phosphoric ester groups is 1. The summed E-state index contributed by atoms with van der Waals surface area (Å²) in [5.74, 6) is -0.890. The van der Waals surface area contributed by atoms with E-state index in [-0.39, 0.29) is 26.1 Å². The van der Waals surface area contributed by atoms with Gasteiger partial charge in [0.1, 0.15) is 19.8 Å². The van der Waals surface area contributed by atoms with Gasteiger partial charge in [0, 0.05) is 12.8 Å². The molecule has 0 rings (SSSR count). The Hall–Kier alpha value is -4.89. The molecule has 0 fully saturated rings. The zero-order chi connectivity index (χ0) is 66.9. The molecular weight excluding hydrogens is 1160 g/mol. The number of rotatable bonds is 65. The molecule has 2 unspecified atom stereocenters. The summed E-state index contributed by atoms with van der Waals surface area (Å²) in [4.78, 5) is 38.1. The Balaban J connectivity index is 4.08. The third kappa shape index (κ3) is 74.2. The fraction of sp³-hybridized carbons (Fsp3) is 0.610. The van der Waals surface area contributed by atoms with Crippen molar-refractivity contribution in [3.05, 3.63) is 182 Å². The van der Waals surface area contributed by atoms with Crippen LogP contribution in [0.5, 0.6) is 0 Å². The third-order valence-corrected chi connectivity index (χ3v) is 15.9. The van der Waals surface area contributed by atoms with Crippen LogP contribution in [0.15, 0.2) is 182 Å². The number of nitrogens with zero attached hydrogens (tertiary/aromatic N) is 1. The number of unbranched alkanes of at least 4 members (excludes halogenated alkanes) is 21. The molecule has 92 heavy (non-hydrogen) atoms. The van der Waals surface area contributed by atoms with Crippen LogP contribution in [0, 0.1) is 0 Å². The molecule has 0 aliphatic rings. The molecule has 0 spiro atoms. The van der Waals surface area contributed by atoms with Crippen LogP contribution in [0.2, 0.25) is 0 Å². The van der Waals surface area contributed by atoms with E-state index in [2.05, 4.69) is 196 Å². The Morgan fingerprint density at radius 1 is 0.337 bits per heavy atom. The maximum atomic E-state index is 12.8. The lowest BCUT2D eigenvalue weighted by molar-refractivity contribution is -0.870. The predicted octanol–water partition coefficient (Wildman–Crippen LogP) is 23.6. The second-order valence-electron chi connectivity index (χ2n) is 24.8. The summed E-state index contributed by atoms with van der Waals surface area (Å²) in [5.41, 5.74) is 0. The first-order valence-corrected chi connectivity index (χ1v) is 38.0. The highest BCUT2D eigenvalue weighted by molar-refractivity contribution is 7.45. The Bertz CT molecular complexity index is 2210. The number of phosphoric acid groups is 1. The van der Waals surface area contributed by atoms with Gasteiger partial charge in [-0.2, -0.15) is 0 Å². The molecule has 0 aliphatic heterocycles. The lowest BCUT2D eigenvalue weighted by Gasteiger charge is -2.28. The number of quaternary nitrogens is 1. The van der Waals surface area contributed by atoms with Gasteiger partial charge in [-0.15, -0.1) is 0 Å². The van der Waals surface area contributed by atoms with Crippen molar-refractivity contribution in [2.45, 2.75) is 277 Å². The molecule has 0 N–H and O–H groups in total. The van der Waals surface area contributed by atoms with Gasteiger partial charge < -0.3 is 27.9 Å². The van der Waals surface area contributed by atoms with Crippen LogP contribution in [0.3, 0.4) is 0 Å². The van der Waals surface area contributed by atoms with Gasteiger partial charge in [-0.3, -0.25) is 14.2 Å². The van der Waals surface area contributed by atoms with Crippen LogP contribution in [0.25, 0.3) is 0 Å². The fourth-order valence-electron chi connectivity index (χ4n) is 9.42. The van der Waals surface area contributed by atoms with Crippen molar-refractivity contribution in [2.75, 3.05) is 47.5 Å². The zero-order valence-corrected chi connectivity index (χ0v) is 60.1. The molecule has 0 aromatic carbocycles. The van der Waals surface area contributed by atoms with Crippen molar-refractivity contribution in [1.82, 2.24) is 0 Å². The largest absolute Gasteiger partial charge is 0.756 e. The third-order valence-electron chi connectivity index (χ3n) is 14.9. The standard InChI is InChI=1S/C82H134NO8P/c1-6-8-10-12-14-16-18-20-22-24-26-28-30-32-34-35-36-37-38-39-40-41-42-43-44-45-46-47-49-50-52-54-56-58-60-62-64-66-68-70-72-74-81(84)88-78-80(79-90-92(86,87)89-77-76-83(3,4)5)91-82(85)75-73-71-69-67-65-63-61-59-57-55-53-51-48-33-31-29-27-25-23-21-19-17-15-13-11-9-7-2/h8-11,14-17,20-23,26-29,32-34,36-37,39-40,48,53,55,59,61,65,67,80H,6-7,12-13,18-19,24-25,30-31,35,38,41-47,49-52,54,56-58,60,62-64,66,68-79H2,1-5H3/b10-8-,11-9-,16-14-,17-15-,22-20-,23-21-,28-26-,29-27-,34-32-,37-36-,40-39-,48-33-,55-53-,61-59-,67-65-. The molecule has 0 aliphatic carbocycles. The first-order chi connectivity index (χ1) is 45.0. The number of ether oxygens (including phenoxy) is 2. The van der Waals surface area contributed by atoms with E-state index in [1.807, 2.05) is 21.1 Å². The Morgan fingerprint density at radius 3 is 0.891 bits per heavy atom. The van der Waals surface area contributed by atoms with Gasteiger partial charge in [0.05, 0.1) is 27.7 Å². The summed E-state index contributed by atoms with van der Waals surface area (Å²) in [6.45, 7) is 3.95. The van der Waals surface area contributed by atoms with Gasteiger partial charge in [0.2, 0.25) is 0 Å². The van der Waals surface area contributed by atoms with Gasteiger partial charge in [-0.1, -0.05) is 305 Å². The summed E-state index contributed by atoms with van der Waals surface area (Å²) in [5, 5.41) is 0. The minimum absolute atomic E-state index is 0.0476. The first-order valence-electron chi connectivity index (χ1n) is 36.5. The van der Waals surface area contributed by atoms with E-state index in [1.165, 1.54) is 109 Å². The van der Waals surface area contributed by atoms with Gasteiger partial charge in [0.25, 0.3) is 7.82 Å². The maximum Gasteiger partial charge on any atom is 0.306 e. The molecule has 9 nitrogen and oxygen atoms in total. The zero-order valence-electron chi connectivity index (χ0n) is 59.2. The van der Waals surface area contributed by atoms with Crippen molar-refractivity contribution in [2.24, 2.45) is 0 Å². The molecule has 0 radical (unpaired) electrons. The summed E-state index contributed by atoms with van der Waals surface area (Å²) in [7, 11) is 1.12. The second kappa shape index (κ2) is 70.4. The minimum Gasteiger partial charge on any atom is -0.756 e. The van der Waals surface area contributed by atoms with Crippen molar-refractivity contribution in [3.8, 4) is 0 Å². The Labute approximate surface area is 565 Å². The van der Waals surface area contributed by atoms with Crippen LogP contribution in [0.1, 0.15) is 271 Å². The van der Waals surface area contributed by atoms with E-state index in [0.717, 1.165) is 128 Å². The molecule has 0 bridgehead atoms. The van der Waals surface area contributed by atoms with Crippen molar-refractivity contribution in [1.29, 1.82) is 0 Å². The van der Waals surface area contributed by atoms with E-state index in [4.69, 9.17) is 18.5 Å². The molecule has 0 aromatic rings. The minimum atomic E-state index is -4.67. The van der Waals surface area contributed by atoms with E-state index < -0.39 is 32.5 Å². The summed E-state index contributed by atoms with van der Waals surface area (Å²) in [6, 6.07) is 0. The molecule has 0 aromatic heterocycles. The summed E-state index contributed by atoms with van der Waals surface area (Å²) < 4.78 is 34.3. The lowest BCUT2D eigenvalue weighted by Crippen LogP contribution is -2.37. The Morgan fingerprint density at radius 2 is 0.587 bits per heavy atom. The number of carbonyl (C=O) groups excluding carboxylic acids is 2. The SMILES string of the molecule is CC/C=C\C/C=C\C/C=C\C/C=C\C/C=C\C/C=C\C/C=C\C/C=C\CCCCC(=O)OC(COC(=O)CCCCCCCCCCCCCCCCCCCCC/C=C\C/C=C\C/C=C\C/C=C\C/C=C\C/C=C\C/C=C\CC)COP(=O)([O-])OCC[N+](C)(C)C. The van der Waals surface area contributed by atoms with E-state index in [1.54, 1.807) is 0 Å². The van der Waals surface area contributed by atoms with Crippen molar-refractivity contribution in [3.63, 3.8) is 0 Å². The average Bonchev–Trinajstić information content (AvgIpc) is 2.14. The summed E-state index contributed by atoms with van der Waals surface area (Å²) >= 11 is 0. The molecule has 2 atom stereocenters. The highest BCUT2D eigenvalue weighted by atomic mass is 31.2. The molecular formula is C82H134NO8P. The predicted molar refractivity (Wildman–Crippen MR) is 396 cm³/mol. The monoisotopic (exact) mass is 1290 g/mol. The van der Waals surface area contributed by atoms with E-state index in [9.17, 15) is 19.0 Å². The van der Waals surface area contributed by atoms with Gasteiger partial charge in [0.15, 0.2) is 6.10 Å². The first kappa shape index (κ1) is 87.1. The summed E-state index contributed by atoms with van der Waals surface area (Å²) in [6.07, 6.45) is 108. The van der Waals surface area contributed by atoms with Crippen molar-refractivity contribution >= 4 is 19.8 Å².